The maximum Gasteiger partial charge on any atom is 0.253 e. The van der Waals surface area contributed by atoms with Crippen molar-refractivity contribution < 1.29 is 39.5 Å². The highest BCUT2D eigenvalue weighted by molar-refractivity contribution is 6.29. The van der Waals surface area contributed by atoms with Gasteiger partial charge in [-0.3, -0.25) is 28.3 Å². The molecule has 1 aromatic carbocycles. The molecule has 2 saturated carbocycles. The van der Waals surface area contributed by atoms with Gasteiger partial charge in [0.25, 0.3) is 22.7 Å². The van der Waals surface area contributed by atoms with Crippen molar-refractivity contribution in [3.05, 3.63) is 43.7 Å². The topological polar surface area (TPSA) is 327 Å². The molecule has 0 radical (unpaired) electrons. The van der Waals surface area contributed by atoms with E-state index in [4.69, 9.17) is 32.7 Å². The molecule has 26 heteroatoms. The minimum atomic E-state index is -1.48. The quantitative estimate of drug-likeness (QED) is 0.0519. The molecule has 2 aliphatic heterocycles. The van der Waals surface area contributed by atoms with Gasteiger partial charge in [-0.25, -0.2) is 9.97 Å². The Morgan fingerprint density at radius 3 is 1.29 bits per heavy atom. The van der Waals surface area contributed by atoms with Crippen LogP contribution in [-0.2, 0) is 19.1 Å². The second-order valence-corrected chi connectivity index (χ2v) is 17.7. The van der Waals surface area contributed by atoms with Crippen molar-refractivity contribution >= 4 is 80.4 Å². The van der Waals surface area contributed by atoms with Crippen LogP contribution in [0, 0.1) is 0 Å². The van der Waals surface area contributed by atoms with Crippen LogP contribution in [0.1, 0.15) is 77.7 Å². The maximum absolute atomic E-state index is 12.8. The molecule has 2 amide bonds. The fraction of sp³-hybridized carbons (Fsp3) is 0.600. The van der Waals surface area contributed by atoms with E-state index >= 15 is 0 Å². The van der Waals surface area contributed by atoms with Gasteiger partial charge in [-0.15, -0.1) is 0 Å². The SMILES string of the molecule is CCNC(=O)[C@H]1O[C@@H](n2cnc3c(N[C@H]4CC[C@H](Nc5c(N[C@H]6CC[C@H](Nc7nc(Cl)nc8c7ncn8[C@@H]7O[C@H](C(=O)NCC)[C@@H](O)[C@H]7O)CC6)c(=O)c5=O)CC4)nc(Cl)nc32)[C@H](O)[C@@H]1O. The molecule has 0 unspecified atom stereocenters. The zero-order valence-electron chi connectivity index (χ0n) is 35.7. The van der Waals surface area contributed by atoms with E-state index in [2.05, 4.69) is 61.8 Å². The Morgan fingerprint density at radius 1 is 0.591 bits per heavy atom. The number of amides is 2. The average Bonchev–Trinajstić information content (AvgIpc) is 4.07. The van der Waals surface area contributed by atoms with E-state index in [-0.39, 0.29) is 57.4 Å². The Balaban J connectivity index is 0.780. The molecule has 10 N–H and O–H groups in total. The van der Waals surface area contributed by atoms with Crippen LogP contribution in [0.25, 0.3) is 22.3 Å². The van der Waals surface area contributed by atoms with Gasteiger partial charge in [0.1, 0.15) is 35.8 Å². The number of hydrogen-bond donors (Lipinski definition) is 10. The van der Waals surface area contributed by atoms with Crippen molar-refractivity contribution in [3.63, 3.8) is 0 Å². The number of anilines is 4. The summed E-state index contributed by atoms with van der Waals surface area (Å²) in [7, 11) is 0. The van der Waals surface area contributed by atoms with Crippen molar-refractivity contribution in [1.82, 2.24) is 49.7 Å². The largest absolute Gasteiger partial charge is 0.387 e. The molecule has 9 rings (SSSR count). The summed E-state index contributed by atoms with van der Waals surface area (Å²) in [6, 6.07) is -0.230. The van der Waals surface area contributed by atoms with E-state index in [1.165, 1.54) is 21.8 Å². The van der Waals surface area contributed by atoms with Crippen molar-refractivity contribution in [3.8, 4) is 0 Å². The Labute approximate surface area is 384 Å². The minimum Gasteiger partial charge on any atom is -0.387 e. The van der Waals surface area contributed by atoms with Gasteiger partial charge < -0.3 is 61.8 Å². The number of carbonyl (C=O) groups excluding carboxylic acids is 2. The van der Waals surface area contributed by atoms with Gasteiger partial charge in [0, 0.05) is 37.3 Å². The van der Waals surface area contributed by atoms with E-state index in [1.807, 2.05) is 0 Å². The fourth-order valence-electron chi connectivity index (χ4n) is 9.34. The lowest BCUT2D eigenvalue weighted by atomic mass is 9.90. The molecule has 4 fully saturated rings. The summed E-state index contributed by atoms with van der Waals surface area (Å²) in [5, 5.41) is 61.1. The summed E-state index contributed by atoms with van der Waals surface area (Å²) < 4.78 is 14.4. The number of halogens is 2. The summed E-state index contributed by atoms with van der Waals surface area (Å²) in [4.78, 5) is 76.8. The Morgan fingerprint density at radius 2 is 0.939 bits per heavy atom. The van der Waals surface area contributed by atoms with E-state index in [0.29, 0.717) is 87.1 Å². The van der Waals surface area contributed by atoms with E-state index in [1.54, 1.807) is 13.8 Å². The first-order valence-corrected chi connectivity index (χ1v) is 22.8. The van der Waals surface area contributed by atoms with Crippen molar-refractivity contribution in [2.75, 3.05) is 34.4 Å². The van der Waals surface area contributed by atoms with Crippen LogP contribution in [-0.4, -0.2) is 145 Å². The Bertz CT molecular complexity index is 2500. The molecule has 0 bridgehead atoms. The molecule has 5 aromatic rings. The van der Waals surface area contributed by atoms with Gasteiger partial charge in [-0.05, 0) is 88.4 Å². The average molecular weight is 958 g/mol. The molecule has 2 aliphatic carbocycles. The predicted octanol–water partition coefficient (Wildman–Crippen LogP) is 0.0498. The summed E-state index contributed by atoms with van der Waals surface area (Å²) in [6.07, 6.45) is -2.55. The van der Waals surface area contributed by atoms with Gasteiger partial charge in [-0.1, -0.05) is 0 Å². The molecule has 8 atom stereocenters. The van der Waals surface area contributed by atoms with Crippen LogP contribution in [0.3, 0.4) is 0 Å². The molecular formula is C40H50Cl2N14O10. The first-order valence-electron chi connectivity index (χ1n) is 22.0. The minimum absolute atomic E-state index is 0.0464. The lowest BCUT2D eigenvalue weighted by molar-refractivity contribution is -0.138. The van der Waals surface area contributed by atoms with Gasteiger partial charge in [-0.2, -0.15) is 19.9 Å². The monoisotopic (exact) mass is 956 g/mol. The summed E-state index contributed by atoms with van der Waals surface area (Å²) >= 11 is 12.7. The highest BCUT2D eigenvalue weighted by atomic mass is 35.5. The van der Waals surface area contributed by atoms with Gasteiger partial charge in [0.05, 0.1) is 12.7 Å². The van der Waals surface area contributed by atoms with Gasteiger partial charge in [0.2, 0.25) is 10.6 Å². The van der Waals surface area contributed by atoms with E-state index < -0.39 is 71.8 Å². The first kappa shape index (κ1) is 45.8. The summed E-state index contributed by atoms with van der Waals surface area (Å²) in [5.74, 6) is -0.383. The maximum atomic E-state index is 12.8. The molecule has 4 aliphatic rings. The molecule has 66 heavy (non-hydrogen) atoms. The zero-order valence-corrected chi connectivity index (χ0v) is 37.2. The lowest BCUT2D eigenvalue weighted by Crippen LogP contribution is -2.43. The van der Waals surface area contributed by atoms with Crippen molar-refractivity contribution in [1.29, 1.82) is 0 Å². The number of aliphatic hydroxyl groups excluding tert-OH is 4. The number of ether oxygens (including phenoxy) is 2. The predicted molar refractivity (Wildman–Crippen MR) is 238 cm³/mol. The number of fused-ring (bicyclic) bond motifs is 2. The molecule has 6 heterocycles. The smallest absolute Gasteiger partial charge is 0.253 e. The van der Waals surface area contributed by atoms with Crippen LogP contribution in [0.5, 0.6) is 0 Å². The van der Waals surface area contributed by atoms with Crippen LogP contribution in [0.4, 0.5) is 23.0 Å². The number of hydrogen-bond acceptors (Lipinski definition) is 20. The van der Waals surface area contributed by atoms with Crippen LogP contribution in [0.15, 0.2) is 22.2 Å². The number of rotatable bonds is 14. The zero-order chi connectivity index (χ0) is 46.6. The molecule has 2 saturated heterocycles. The number of carbonyl (C=O) groups is 2. The third-order valence-corrected chi connectivity index (χ3v) is 13.1. The standard InChI is InChI=1S/C40H50Cl2N14O10/c1-3-43-35(63)29-25(59)27(61)37(65-29)55-13-45-21-31(51-39(41)53-33(21)55)49-17-9-5-15(6-10-17)47-19-20(24(58)23(19)57)48-16-7-11-18(12-8-16)50-32-22-34(54-40(42)52-32)56(14-46-22)38-28(62)26(60)30(66-38)36(64)44-4-2/h13-18,25-30,37-38,47-48,59-62H,3-12H2,1-2H3,(H,43,63)(H,44,64)(H,49,51,53)(H,50,52,54)/t15-,16-,17-,18-,25-,26-,27+,28+,29-,30-,37+,38+/m0/s1. The second kappa shape index (κ2) is 18.7. The summed E-state index contributed by atoms with van der Waals surface area (Å²) in [5.41, 5.74) is 0.642. The Kier molecular flexibility index (Phi) is 13.0. The highest BCUT2D eigenvalue weighted by Crippen LogP contribution is 2.36. The van der Waals surface area contributed by atoms with Gasteiger partial charge in [0.15, 0.2) is 58.6 Å². The van der Waals surface area contributed by atoms with Crippen molar-refractivity contribution in [2.45, 2.75) is 138 Å². The third-order valence-electron chi connectivity index (χ3n) is 12.8. The molecule has 4 aromatic heterocycles. The van der Waals surface area contributed by atoms with Crippen LogP contribution < -0.4 is 42.8 Å². The number of imidazole rings is 2. The molecule has 24 nitrogen and oxygen atoms in total. The van der Waals surface area contributed by atoms with Crippen LogP contribution in [0.2, 0.25) is 10.6 Å². The lowest BCUT2D eigenvalue weighted by Gasteiger charge is -2.33. The van der Waals surface area contributed by atoms with E-state index in [0.717, 1.165) is 0 Å². The highest BCUT2D eigenvalue weighted by Gasteiger charge is 2.49. The fourth-order valence-corrected chi connectivity index (χ4v) is 9.67. The van der Waals surface area contributed by atoms with Crippen molar-refractivity contribution in [2.24, 2.45) is 0 Å². The van der Waals surface area contributed by atoms with Crippen LogP contribution >= 0.6 is 23.2 Å². The molecular weight excluding hydrogens is 907 g/mol. The van der Waals surface area contributed by atoms with E-state index in [9.17, 15) is 39.6 Å². The number of aliphatic hydroxyl groups is 4. The third kappa shape index (κ3) is 8.59. The second-order valence-electron chi connectivity index (χ2n) is 17.1. The number of nitrogens with zero attached hydrogens (tertiary/aromatic N) is 8. The van der Waals surface area contributed by atoms with Gasteiger partial charge >= 0.3 is 0 Å². The normalized spacial score (nSPS) is 30.2. The first-order chi connectivity index (χ1) is 31.7. The molecule has 0 spiro atoms. The number of aromatic nitrogens is 8. The number of likely N-dealkylation sites (N-methyl/N-ethyl adjacent to an activating group) is 2. The summed E-state index contributed by atoms with van der Waals surface area (Å²) in [6.45, 7) is 4.10. The Hall–Kier alpha value is -5.34. The number of nitrogens with one attached hydrogen (secondary N) is 6. The molecule has 354 valence electrons.